The fraction of sp³-hybridized carbons (Fsp3) is 0.667. The van der Waals surface area contributed by atoms with E-state index in [1.165, 1.54) is 11.1 Å². The molecule has 0 heterocycles. The van der Waals surface area contributed by atoms with Gasteiger partial charge in [0.1, 0.15) is 0 Å². The van der Waals surface area contributed by atoms with Gasteiger partial charge in [0.05, 0.1) is 11.1 Å². The zero-order valence-electron chi connectivity index (χ0n) is 13.8. The van der Waals surface area contributed by atoms with Gasteiger partial charge in [-0.2, -0.15) is 0 Å². The molecule has 4 nitrogen and oxygen atoms in total. The number of rotatable bonds is 6. The molecule has 0 amide bonds. The first-order valence-corrected chi connectivity index (χ1v) is 8.16. The summed E-state index contributed by atoms with van der Waals surface area (Å²) in [6, 6.07) is 0. The van der Waals surface area contributed by atoms with Crippen molar-refractivity contribution in [2.24, 2.45) is 23.7 Å². The average Bonchev–Trinajstić information content (AvgIpc) is 2.39. The van der Waals surface area contributed by atoms with Crippen LogP contribution in [0.3, 0.4) is 0 Å². The van der Waals surface area contributed by atoms with Crippen LogP contribution in [0.25, 0.3) is 0 Å². The van der Waals surface area contributed by atoms with Gasteiger partial charge in [-0.1, -0.05) is 38.8 Å². The molecule has 0 saturated carbocycles. The van der Waals surface area contributed by atoms with Crippen LogP contribution in [0.2, 0.25) is 0 Å². The van der Waals surface area contributed by atoms with Crippen LogP contribution >= 0.6 is 0 Å². The summed E-state index contributed by atoms with van der Waals surface area (Å²) in [6.07, 6.45) is 3.28. The van der Waals surface area contributed by atoms with Crippen LogP contribution in [0, 0.1) is 23.7 Å². The Morgan fingerprint density at radius 2 is 1.18 bits per heavy atom. The number of fused-ring (bicyclic) bond motifs is 1. The Kier molecular flexibility index (Phi) is 4.78. The van der Waals surface area contributed by atoms with E-state index in [4.69, 9.17) is 0 Å². The SMILES string of the molecule is CC(C)CC1=C(CC(C)C)C2CCC1C(C(=O)O)=C2C(=O)O. The van der Waals surface area contributed by atoms with Crippen LogP contribution in [0.4, 0.5) is 0 Å². The van der Waals surface area contributed by atoms with E-state index < -0.39 is 11.9 Å². The molecular weight excluding hydrogens is 280 g/mol. The molecule has 2 N–H and O–H groups in total. The molecule has 2 atom stereocenters. The summed E-state index contributed by atoms with van der Waals surface area (Å²) in [6.45, 7) is 8.52. The molecule has 22 heavy (non-hydrogen) atoms. The molecule has 0 spiro atoms. The molecule has 0 saturated heterocycles. The van der Waals surface area contributed by atoms with Gasteiger partial charge in [0.25, 0.3) is 0 Å². The van der Waals surface area contributed by atoms with Crippen LogP contribution in [0.5, 0.6) is 0 Å². The Morgan fingerprint density at radius 3 is 1.41 bits per heavy atom. The summed E-state index contributed by atoms with van der Waals surface area (Å²) in [5.74, 6) is -1.64. The first-order valence-electron chi connectivity index (χ1n) is 8.16. The molecule has 0 aromatic carbocycles. The minimum Gasteiger partial charge on any atom is -0.478 e. The summed E-state index contributed by atoms with van der Waals surface area (Å²) in [4.78, 5) is 23.4. The third kappa shape index (κ3) is 2.96. The van der Waals surface area contributed by atoms with E-state index in [0.29, 0.717) is 11.8 Å². The van der Waals surface area contributed by atoms with Crippen molar-refractivity contribution in [3.05, 3.63) is 22.3 Å². The molecule has 3 aliphatic carbocycles. The first kappa shape index (κ1) is 16.8. The maximum absolute atomic E-state index is 11.7. The van der Waals surface area contributed by atoms with Crippen molar-refractivity contribution < 1.29 is 19.8 Å². The van der Waals surface area contributed by atoms with Crippen molar-refractivity contribution in [3.8, 4) is 0 Å². The molecule has 0 radical (unpaired) electrons. The number of aliphatic carboxylic acids is 2. The minimum atomic E-state index is -1.06. The molecule has 0 fully saturated rings. The second-order valence-electron chi connectivity index (χ2n) is 7.37. The van der Waals surface area contributed by atoms with Crippen LogP contribution in [0.15, 0.2) is 22.3 Å². The van der Waals surface area contributed by atoms with Gasteiger partial charge in [0, 0.05) is 11.8 Å². The van der Waals surface area contributed by atoms with E-state index in [1.807, 2.05) is 0 Å². The van der Waals surface area contributed by atoms with Crippen molar-refractivity contribution >= 4 is 11.9 Å². The highest BCUT2D eigenvalue weighted by atomic mass is 16.4. The topological polar surface area (TPSA) is 74.6 Å². The van der Waals surface area contributed by atoms with Crippen LogP contribution in [-0.4, -0.2) is 22.2 Å². The number of carbonyl (C=O) groups is 2. The Labute approximate surface area is 131 Å². The molecule has 0 aliphatic heterocycles. The molecule has 2 bridgehead atoms. The van der Waals surface area contributed by atoms with Crippen molar-refractivity contribution in [1.29, 1.82) is 0 Å². The van der Waals surface area contributed by atoms with Gasteiger partial charge in [0.15, 0.2) is 0 Å². The highest BCUT2D eigenvalue weighted by molar-refractivity contribution is 6.01. The molecule has 4 heteroatoms. The number of carboxylic acids is 2. The van der Waals surface area contributed by atoms with Gasteiger partial charge in [-0.3, -0.25) is 0 Å². The summed E-state index contributed by atoms with van der Waals surface area (Å²) in [5, 5.41) is 19.1. The highest BCUT2D eigenvalue weighted by Crippen LogP contribution is 2.52. The maximum atomic E-state index is 11.7. The fourth-order valence-corrected chi connectivity index (χ4v) is 4.10. The average molecular weight is 306 g/mol. The summed E-state index contributed by atoms with van der Waals surface area (Å²) in [5.41, 5.74) is 2.71. The standard InChI is InChI=1S/C18H26O4/c1-9(2)7-13-11-5-6-12(14(13)8-10(3)4)16(18(21)22)15(11)17(19)20/h9-12H,5-8H2,1-4H3,(H,19,20)(H,21,22). The molecular formula is C18H26O4. The summed E-state index contributed by atoms with van der Waals surface area (Å²) in [7, 11) is 0. The molecule has 2 unspecified atom stereocenters. The molecule has 122 valence electrons. The van der Waals surface area contributed by atoms with Gasteiger partial charge in [-0.15, -0.1) is 0 Å². The zero-order chi connectivity index (χ0) is 16.6. The monoisotopic (exact) mass is 306 g/mol. The minimum absolute atomic E-state index is 0.145. The lowest BCUT2D eigenvalue weighted by Crippen LogP contribution is -2.36. The van der Waals surface area contributed by atoms with E-state index in [-0.39, 0.29) is 23.0 Å². The third-order valence-electron chi connectivity index (χ3n) is 4.70. The van der Waals surface area contributed by atoms with Crippen molar-refractivity contribution in [1.82, 2.24) is 0 Å². The van der Waals surface area contributed by atoms with Crippen molar-refractivity contribution in [2.75, 3.05) is 0 Å². The van der Waals surface area contributed by atoms with E-state index in [0.717, 1.165) is 25.7 Å². The van der Waals surface area contributed by atoms with Crippen molar-refractivity contribution in [2.45, 2.75) is 53.4 Å². The second kappa shape index (κ2) is 6.27. The Morgan fingerprint density at radius 1 is 0.864 bits per heavy atom. The number of allylic oxidation sites excluding steroid dienone is 2. The fourth-order valence-electron chi connectivity index (χ4n) is 4.10. The lowest BCUT2D eigenvalue weighted by atomic mass is 9.61. The zero-order valence-corrected chi connectivity index (χ0v) is 13.8. The number of hydrogen-bond donors (Lipinski definition) is 2. The quantitative estimate of drug-likeness (QED) is 0.730. The number of carboxylic acid groups (broad SMARTS) is 2. The van der Waals surface area contributed by atoms with Crippen molar-refractivity contribution in [3.63, 3.8) is 0 Å². The Bertz CT molecular complexity index is 503. The van der Waals surface area contributed by atoms with Gasteiger partial charge in [-0.25, -0.2) is 9.59 Å². The van der Waals surface area contributed by atoms with Crippen LogP contribution < -0.4 is 0 Å². The van der Waals surface area contributed by atoms with Gasteiger partial charge in [0.2, 0.25) is 0 Å². The van der Waals surface area contributed by atoms with Crippen LogP contribution in [0.1, 0.15) is 53.4 Å². The predicted molar refractivity (Wildman–Crippen MR) is 84.4 cm³/mol. The molecule has 0 aromatic rings. The van der Waals surface area contributed by atoms with E-state index in [9.17, 15) is 19.8 Å². The maximum Gasteiger partial charge on any atom is 0.332 e. The summed E-state index contributed by atoms with van der Waals surface area (Å²) < 4.78 is 0. The van der Waals surface area contributed by atoms with Gasteiger partial charge < -0.3 is 10.2 Å². The third-order valence-corrected chi connectivity index (χ3v) is 4.70. The predicted octanol–water partition coefficient (Wildman–Crippen LogP) is 3.88. The van der Waals surface area contributed by atoms with E-state index in [2.05, 4.69) is 27.7 Å². The van der Waals surface area contributed by atoms with E-state index in [1.54, 1.807) is 0 Å². The molecule has 3 aliphatic rings. The smallest absolute Gasteiger partial charge is 0.332 e. The normalized spacial score (nSPS) is 24.6. The second-order valence-corrected chi connectivity index (χ2v) is 7.37. The highest BCUT2D eigenvalue weighted by Gasteiger charge is 2.45. The Hall–Kier alpha value is -1.58. The molecule has 3 rings (SSSR count). The largest absolute Gasteiger partial charge is 0.478 e. The van der Waals surface area contributed by atoms with Crippen LogP contribution in [-0.2, 0) is 9.59 Å². The lowest BCUT2D eigenvalue weighted by molar-refractivity contribution is -0.137. The lowest BCUT2D eigenvalue weighted by Gasteiger charge is -2.42. The first-order chi connectivity index (χ1) is 10.2. The van der Waals surface area contributed by atoms with E-state index >= 15 is 0 Å². The number of hydrogen-bond acceptors (Lipinski definition) is 2. The summed E-state index contributed by atoms with van der Waals surface area (Å²) >= 11 is 0. The Balaban J connectivity index is 2.56. The van der Waals surface area contributed by atoms with Gasteiger partial charge in [-0.05, 0) is 37.5 Å². The molecule has 0 aromatic heterocycles. The van der Waals surface area contributed by atoms with Gasteiger partial charge >= 0.3 is 11.9 Å².